The Hall–Kier alpha value is 0.636. The Morgan fingerprint density at radius 3 is 2.23 bits per heavy atom. The van der Waals surface area contributed by atoms with Crippen molar-refractivity contribution in [2.45, 2.75) is 68.4 Å². The number of methoxy groups -OCH3 is 1. The molecule has 170 valence electrons. The van der Waals surface area contributed by atoms with Gasteiger partial charge in [0.25, 0.3) is 10.4 Å². The number of aliphatic hydroxyl groups excluding tert-OH is 4. The topological polar surface area (TPSA) is 195 Å². The number of thioether (sulfide) groups is 1. The third-order valence-electron chi connectivity index (χ3n) is 4.08. The molecule has 0 unspecified atom stereocenters. The van der Waals surface area contributed by atoms with E-state index in [1.54, 1.807) is 0 Å². The molecule has 1 aliphatic rings. The number of carbonyl (C=O) groups excluding carboxylic acids is 1. The summed E-state index contributed by atoms with van der Waals surface area (Å²) in [5.41, 5.74) is -1.19. The van der Waals surface area contributed by atoms with Crippen LogP contribution in [-0.4, -0.2) is 88.0 Å². The first-order chi connectivity index (χ1) is 13.6. The van der Waals surface area contributed by atoms with Crippen LogP contribution >= 0.6 is 11.8 Å². The van der Waals surface area contributed by atoms with Gasteiger partial charge in [-0.1, -0.05) is 29.8 Å². The molecule has 15 heteroatoms. The maximum absolute atomic E-state index is 11.0. The summed E-state index contributed by atoms with van der Waals surface area (Å²) < 4.78 is 45.8. The number of hydrogen-bond donors (Lipinski definition) is 4. The largest absolute Gasteiger partial charge is 1.00 e. The van der Waals surface area contributed by atoms with Crippen LogP contribution in [0, 0.1) is 0 Å². The number of aliphatic hydroxyl groups is 4. The van der Waals surface area contributed by atoms with Crippen LogP contribution in [0.2, 0.25) is 0 Å². The van der Waals surface area contributed by atoms with Crippen molar-refractivity contribution in [1.82, 2.24) is 0 Å². The Labute approximate surface area is 221 Å². The fraction of sp³-hybridized carbons (Fsp3) is 0.867. The molecule has 1 rings (SSSR count). The first-order valence-corrected chi connectivity index (χ1v) is 11.1. The van der Waals surface area contributed by atoms with Crippen LogP contribution in [0.1, 0.15) is 38.5 Å². The minimum absolute atomic E-state index is 0. The van der Waals surface area contributed by atoms with E-state index in [0.717, 1.165) is 0 Å². The molecule has 30 heavy (non-hydrogen) atoms. The third kappa shape index (κ3) is 11.5. The van der Waals surface area contributed by atoms with Crippen molar-refractivity contribution in [3.63, 3.8) is 0 Å². The molecule has 1 heterocycles. The number of carbonyl (C=O) groups is 1. The fourth-order valence-corrected chi connectivity index (χ4v) is 3.85. The zero-order valence-corrected chi connectivity index (χ0v) is 21.5. The first-order valence-electron chi connectivity index (χ1n) is 8.84. The van der Waals surface area contributed by atoms with Crippen molar-refractivity contribution >= 4 is 33.2 Å². The molecule has 1 aliphatic heterocycles. The maximum Gasteiger partial charge on any atom is 1.00 e. The average molecular weight is 500 g/mol. The molecule has 0 aromatic heterocycles. The summed E-state index contributed by atoms with van der Waals surface area (Å²) in [6, 6.07) is 0. The Balaban J connectivity index is 0.00000841. The first kappa shape index (κ1) is 30.6. The Morgan fingerprint density at radius 2 is 1.70 bits per heavy atom. The summed E-state index contributed by atoms with van der Waals surface area (Å²) in [4.78, 5) is 11.0. The van der Waals surface area contributed by atoms with E-state index in [4.69, 9.17) is 4.74 Å². The molecular formula is C15H26KNO11S2. The van der Waals surface area contributed by atoms with Crippen LogP contribution in [0.15, 0.2) is 5.16 Å². The van der Waals surface area contributed by atoms with Gasteiger partial charge in [0.2, 0.25) is 0 Å². The van der Waals surface area contributed by atoms with Gasteiger partial charge in [-0.3, -0.25) is 9.08 Å². The van der Waals surface area contributed by atoms with Crippen molar-refractivity contribution < 1.29 is 103 Å². The van der Waals surface area contributed by atoms with Crippen LogP contribution in [0.25, 0.3) is 0 Å². The minimum Gasteiger partial charge on any atom is -0.714 e. The normalized spacial score (nSPS) is 27.3. The van der Waals surface area contributed by atoms with Gasteiger partial charge in [0, 0.05) is 6.42 Å². The molecule has 1 fully saturated rings. The molecule has 0 aliphatic carbocycles. The summed E-state index contributed by atoms with van der Waals surface area (Å²) in [6.45, 7) is -0.625. The number of ether oxygens (including phenoxy) is 2. The van der Waals surface area contributed by atoms with E-state index in [9.17, 15) is 38.2 Å². The van der Waals surface area contributed by atoms with Crippen molar-refractivity contribution in [2.24, 2.45) is 5.16 Å². The van der Waals surface area contributed by atoms with Gasteiger partial charge in [-0.05, 0) is 19.3 Å². The summed E-state index contributed by atoms with van der Waals surface area (Å²) in [7, 11) is -3.80. The van der Waals surface area contributed by atoms with Gasteiger partial charge in [0.1, 0.15) is 34.9 Å². The SMILES string of the molecule is COC(=O)CCCCCC/C(=N/OS(=O)(=O)[O-])S[C@@H]1O[C@H](CO)[C@@H](O)[C@H](O)[C@H]1O.[K+]. The predicted octanol–water partition coefficient (Wildman–Crippen LogP) is -4.17. The van der Waals surface area contributed by atoms with E-state index in [2.05, 4.69) is 14.2 Å². The monoisotopic (exact) mass is 499 g/mol. The van der Waals surface area contributed by atoms with Crippen LogP contribution in [0.4, 0.5) is 0 Å². The third-order valence-corrected chi connectivity index (χ3v) is 5.51. The second-order valence-electron chi connectivity index (χ2n) is 6.27. The second-order valence-corrected chi connectivity index (χ2v) is 8.41. The molecule has 1 saturated heterocycles. The van der Waals surface area contributed by atoms with Crippen LogP contribution in [0.5, 0.6) is 0 Å². The number of esters is 1. The smallest absolute Gasteiger partial charge is 0.714 e. The molecule has 0 aromatic rings. The molecule has 0 radical (unpaired) electrons. The summed E-state index contributed by atoms with van der Waals surface area (Å²) in [5.74, 6) is -0.320. The number of unbranched alkanes of at least 4 members (excludes halogenated alkanes) is 3. The van der Waals surface area contributed by atoms with Gasteiger partial charge in [-0.25, -0.2) is 0 Å². The Morgan fingerprint density at radius 1 is 1.10 bits per heavy atom. The van der Waals surface area contributed by atoms with Gasteiger partial charge in [-0.15, -0.1) is 0 Å². The van der Waals surface area contributed by atoms with Gasteiger partial charge in [0.05, 0.1) is 13.7 Å². The van der Waals surface area contributed by atoms with Crippen molar-refractivity contribution in [2.75, 3.05) is 13.7 Å². The molecule has 12 nitrogen and oxygen atoms in total. The van der Waals surface area contributed by atoms with E-state index in [1.807, 2.05) is 0 Å². The molecule has 0 bridgehead atoms. The Kier molecular flexibility index (Phi) is 15.8. The zero-order chi connectivity index (χ0) is 22.0. The van der Waals surface area contributed by atoms with Crippen molar-refractivity contribution in [3.8, 4) is 0 Å². The molecule has 4 N–H and O–H groups in total. The van der Waals surface area contributed by atoms with Gasteiger partial charge >= 0.3 is 57.4 Å². The van der Waals surface area contributed by atoms with Crippen LogP contribution < -0.4 is 51.4 Å². The molecule has 5 atom stereocenters. The van der Waals surface area contributed by atoms with Gasteiger partial charge in [-0.2, -0.15) is 8.42 Å². The number of rotatable bonds is 11. The van der Waals surface area contributed by atoms with E-state index in [0.29, 0.717) is 37.4 Å². The second kappa shape index (κ2) is 15.5. The van der Waals surface area contributed by atoms with E-state index < -0.39 is 46.9 Å². The fourth-order valence-electron chi connectivity index (χ4n) is 2.51. The van der Waals surface area contributed by atoms with E-state index in [-0.39, 0.29) is 75.2 Å². The summed E-state index contributed by atoms with van der Waals surface area (Å²) in [5, 5.41) is 42.2. The predicted molar refractivity (Wildman–Crippen MR) is 99.3 cm³/mol. The molecular weight excluding hydrogens is 473 g/mol. The number of oxime groups is 1. The standard InChI is InChI=1S/C15H27NO11S2.K/c1-25-11(18)7-5-3-2-4-6-10(16-27-29(22,23)24)28-15-14(21)13(20)12(19)9(8-17)26-15;/h9,12-15,17,19-21H,2-8H2,1H3,(H,22,23,24);/q;+1/p-1/b16-10-;/t9-,12-,13+,14-,15+;/m1./s1. The van der Waals surface area contributed by atoms with E-state index >= 15 is 0 Å². The van der Waals surface area contributed by atoms with Crippen molar-refractivity contribution in [3.05, 3.63) is 0 Å². The Bertz CT molecular complexity index is 646. The quantitative estimate of drug-likeness (QED) is 0.0313. The average Bonchev–Trinajstić information content (AvgIpc) is 2.67. The van der Waals surface area contributed by atoms with E-state index in [1.165, 1.54) is 7.11 Å². The summed E-state index contributed by atoms with van der Waals surface area (Å²) >= 11 is 0.705. The molecule has 0 spiro atoms. The van der Waals surface area contributed by atoms with Crippen LogP contribution in [-0.2, 0) is 29.0 Å². The zero-order valence-electron chi connectivity index (χ0n) is 16.7. The number of nitrogens with zero attached hydrogens (tertiary/aromatic N) is 1. The summed E-state index contributed by atoms with van der Waals surface area (Å²) in [6.07, 6.45) is -2.99. The number of hydrogen-bond acceptors (Lipinski definition) is 13. The van der Waals surface area contributed by atoms with Gasteiger partial charge < -0.3 is 34.5 Å². The van der Waals surface area contributed by atoms with Crippen LogP contribution in [0.3, 0.4) is 0 Å². The van der Waals surface area contributed by atoms with Gasteiger partial charge in [0.15, 0.2) is 0 Å². The molecule has 0 aromatic carbocycles. The minimum atomic E-state index is -5.10. The van der Waals surface area contributed by atoms with Crippen molar-refractivity contribution in [1.29, 1.82) is 0 Å². The molecule has 0 amide bonds. The molecule has 0 saturated carbocycles. The maximum atomic E-state index is 11.0.